The predicted octanol–water partition coefficient (Wildman–Crippen LogP) is 4.94. The number of anilines is 1. The minimum absolute atomic E-state index is 0.730. The van der Waals surface area contributed by atoms with Gasteiger partial charge < -0.3 is 15.2 Å². The molecule has 3 nitrogen and oxygen atoms in total. The van der Waals surface area contributed by atoms with Crippen LogP contribution in [0.2, 0.25) is 5.02 Å². The molecule has 0 heterocycles. The summed E-state index contributed by atoms with van der Waals surface area (Å²) in [5.74, 6) is 1.75. The molecule has 0 saturated heterocycles. The molecular formula is C18H22ClNO2. The Morgan fingerprint density at radius 2 is 1.14 bits per heavy atom. The van der Waals surface area contributed by atoms with Gasteiger partial charge in [-0.15, -0.1) is 0 Å². The van der Waals surface area contributed by atoms with E-state index in [2.05, 4.69) is 0 Å². The Balaban J connectivity index is 1.47. The lowest BCUT2D eigenvalue weighted by Crippen LogP contribution is -2.00. The van der Waals surface area contributed by atoms with Gasteiger partial charge in [0.15, 0.2) is 0 Å². The fourth-order valence-corrected chi connectivity index (χ4v) is 2.16. The molecule has 0 aliphatic heterocycles. The molecule has 4 heteroatoms. The lowest BCUT2D eigenvalue weighted by Gasteiger charge is -2.07. The fourth-order valence-electron chi connectivity index (χ4n) is 2.03. The largest absolute Gasteiger partial charge is 0.494 e. The molecule has 0 aliphatic carbocycles. The highest BCUT2D eigenvalue weighted by atomic mass is 35.5. The summed E-state index contributed by atoms with van der Waals surface area (Å²) in [6, 6.07) is 15.0. The Bertz CT molecular complexity index is 489. The van der Waals surface area contributed by atoms with Gasteiger partial charge in [0.2, 0.25) is 0 Å². The minimum Gasteiger partial charge on any atom is -0.494 e. The zero-order valence-corrected chi connectivity index (χ0v) is 13.4. The van der Waals surface area contributed by atoms with Gasteiger partial charge >= 0.3 is 0 Å². The Hall–Kier alpha value is -1.87. The Labute approximate surface area is 137 Å². The molecule has 0 fully saturated rings. The van der Waals surface area contributed by atoms with Crippen LogP contribution in [0.15, 0.2) is 48.5 Å². The van der Waals surface area contributed by atoms with E-state index in [9.17, 15) is 0 Å². The van der Waals surface area contributed by atoms with Crippen molar-refractivity contribution in [3.05, 3.63) is 53.6 Å². The maximum atomic E-state index is 5.82. The molecule has 0 saturated carbocycles. The van der Waals surface area contributed by atoms with Gasteiger partial charge in [-0.25, -0.2) is 0 Å². The van der Waals surface area contributed by atoms with Crippen LogP contribution >= 0.6 is 11.6 Å². The van der Waals surface area contributed by atoms with Crippen LogP contribution < -0.4 is 15.2 Å². The van der Waals surface area contributed by atoms with Crippen LogP contribution in [-0.2, 0) is 0 Å². The van der Waals surface area contributed by atoms with Crippen LogP contribution in [0, 0.1) is 0 Å². The first-order valence-corrected chi connectivity index (χ1v) is 7.98. The average molecular weight is 320 g/mol. The maximum absolute atomic E-state index is 5.82. The number of hydrogen-bond acceptors (Lipinski definition) is 3. The van der Waals surface area contributed by atoms with E-state index in [1.54, 1.807) is 0 Å². The number of nitrogens with two attached hydrogens (primary N) is 1. The van der Waals surface area contributed by atoms with Gasteiger partial charge in [-0.2, -0.15) is 0 Å². The predicted molar refractivity (Wildman–Crippen MR) is 91.8 cm³/mol. The van der Waals surface area contributed by atoms with Crippen molar-refractivity contribution in [2.24, 2.45) is 0 Å². The second kappa shape index (κ2) is 9.21. The molecule has 0 spiro atoms. The number of rotatable bonds is 9. The first-order chi connectivity index (χ1) is 10.7. The molecular weight excluding hydrogens is 298 g/mol. The van der Waals surface area contributed by atoms with Gasteiger partial charge in [0.25, 0.3) is 0 Å². The van der Waals surface area contributed by atoms with Gasteiger partial charge in [0, 0.05) is 10.7 Å². The van der Waals surface area contributed by atoms with Crippen LogP contribution in [0.1, 0.15) is 25.7 Å². The van der Waals surface area contributed by atoms with E-state index in [0.29, 0.717) is 0 Å². The highest BCUT2D eigenvalue weighted by molar-refractivity contribution is 6.30. The molecule has 0 aromatic heterocycles. The summed E-state index contributed by atoms with van der Waals surface area (Å²) < 4.78 is 11.3. The summed E-state index contributed by atoms with van der Waals surface area (Å²) in [5.41, 5.74) is 6.38. The summed E-state index contributed by atoms with van der Waals surface area (Å²) >= 11 is 5.82. The quantitative estimate of drug-likeness (QED) is 0.526. The minimum atomic E-state index is 0.730. The van der Waals surface area contributed by atoms with Crippen molar-refractivity contribution >= 4 is 17.3 Å². The summed E-state index contributed by atoms with van der Waals surface area (Å²) in [7, 11) is 0. The monoisotopic (exact) mass is 319 g/mol. The Morgan fingerprint density at radius 1 is 0.682 bits per heavy atom. The highest BCUT2D eigenvalue weighted by Crippen LogP contribution is 2.16. The summed E-state index contributed by atoms with van der Waals surface area (Å²) in [6.45, 7) is 1.47. The van der Waals surface area contributed by atoms with Crippen molar-refractivity contribution < 1.29 is 9.47 Å². The normalized spacial score (nSPS) is 10.4. The lowest BCUT2D eigenvalue weighted by molar-refractivity contribution is 0.287. The van der Waals surface area contributed by atoms with Crippen LogP contribution in [0.4, 0.5) is 5.69 Å². The van der Waals surface area contributed by atoms with Gasteiger partial charge in [-0.3, -0.25) is 0 Å². The highest BCUT2D eigenvalue weighted by Gasteiger charge is 1.96. The van der Waals surface area contributed by atoms with Gasteiger partial charge in [-0.05, 0) is 74.2 Å². The Morgan fingerprint density at radius 3 is 1.64 bits per heavy atom. The zero-order chi connectivity index (χ0) is 15.6. The molecule has 22 heavy (non-hydrogen) atoms. The van der Waals surface area contributed by atoms with Crippen molar-refractivity contribution in [3.8, 4) is 11.5 Å². The molecule has 0 atom stereocenters. The smallest absolute Gasteiger partial charge is 0.119 e. The maximum Gasteiger partial charge on any atom is 0.119 e. The number of unbranched alkanes of at least 4 members (excludes halogenated alkanes) is 3. The van der Waals surface area contributed by atoms with E-state index in [1.165, 1.54) is 0 Å². The number of benzene rings is 2. The van der Waals surface area contributed by atoms with Crippen molar-refractivity contribution in [2.75, 3.05) is 18.9 Å². The van der Waals surface area contributed by atoms with Crippen LogP contribution in [0.25, 0.3) is 0 Å². The van der Waals surface area contributed by atoms with Crippen LogP contribution in [-0.4, -0.2) is 13.2 Å². The number of hydrogen-bond donors (Lipinski definition) is 1. The molecule has 2 aromatic rings. The molecule has 0 unspecified atom stereocenters. The van der Waals surface area contributed by atoms with Crippen molar-refractivity contribution in [1.29, 1.82) is 0 Å². The van der Waals surface area contributed by atoms with Crippen molar-refractivity contribution in [2.45, 2.75) is 25.7 Å². The zero-order valence-electron chi connectivity index (χ0n) is 12.6. The lowest BCUT2D eigenvalue weighted by atomic mass is 10.2. The van der Waals surface area contributed by atoms with E-state index in [0.717, 1.165) is 61.1 Å². The fraction of sp³-hybridized carbons (Fsp3) is 0.333. The van der Waals surface area contributed by atoms with Crippen molar-refractivity contribution in [3.63, 3.8) is 0 Å². The molecule has 2 N–H and O–H groups in total. The third-order valence-corrected chi connectivity index (χ3v) is 3.52. The molecule has 2 rings (SSSR count). The first-order valence-electron chi connectivity index (χ1n) is 7.61. The third-order valence-electron chi connectivity index (χ3n) is 3.27. The van der Waals surface area contributed by atoms with Crippen molar-refractivity contribution in [1.82, 2.24) is 0 Å². The van der Waals surface area contributed by atoms with Gasteiger partial charge in [0.1, 0.15) is 11.5 Å². The molecule has 118 valence electrons. The Kier molecular flexibility index (Phi) is 6.91. The van der Waals surface area contributed by atoms with E-state index in [4.69, 9.17) is 26.8 Å². The van der Waals surface area contributed by atoms with Gasteiger partial charge in [-0.1, -0.05) is 11.6 Å². The second-order valence-electron chi connectivity index (χ2n) is 5.13. The topological polar surface area (TPSA) is 44.5 Å². The third kappa shape index (κ3) is 6.27. The standard InChI is InChI=1S/C18H22ClNO2/c19-15-5-9-17(10-6-15)21-13-3-1-2-4-14-22-18-11-7-16(20)8-12-18/h5-12H,1-4,13-14,20H2. The molecule has 2 aromatic carbocycles. The summed E-state index contributed by atoms with van der Waals surface area (Å²) in [5, 5.41) is 0.730. The molecule has 0 amide bonds. The molecule has 0 aliphatic rings. The number of nitrogen functional groups attached to an aromatic ring is 1. The van der Waals surface area contributed by atoms with E-state index in [-0.39, 0.29) is 0 Å². The first kappa shape index (κ1) is 16.5. The molecule has 0 radical (unpaired) electrons. The van der Waals surface area contributed by atoms with Gasteiger partial charge in [0.05, 0.1) is 13.2 Å². The number of ether oxygens (including phenoxy) is 2. The van der Waals surface area contributed by atoms with Crippen LogP contribution in [0.5, 0.6) is 11.5 Å². The summed E-state index contributed by atoms with van der Waals surface area (Å²) in [4.78, 5) is 0. The summed E-state index contributed by atoms with van der Waals surface area (Å²) in [6.07, 6.45) is 4.37. The van der Waals surface area contributed by atoms with E-state index >= 15 is 0 Å². The average Bonchev–Trinajstić information content (AvgIpc) is 2.53. The molecule has 0 bridgehead atoms. The van der Waals surface area contributed by atoms with Crippen LogP contribution in [0.3, 0.4) is 0 Å². The van der Waals surface area contributed by atoms with E-state index in [1.807, 2.05) is 48.5 Å². The second-order valence-corrected chi connectivity index (χ2v) is 5.57. The van der Waals surface area contributed by atoms with E-state index < -0.39 is 0 Å². The number of halogens is 1. The SMILES string of the molecule is Nc1ccc(OCCCCCCOc2ccc(Cl)cc2)cc1.